The van der Waals surface area contributed by atoms with Gasteiger partial charge in [-0.2, -0.15) is 0 Å². The van der Waals surface area contributed by atoms with Crippen LogP contribution in [0.3, 0.4) is 0 Å². The minimum atomic E-state index is -0.433. The Balaban J connectivity index is 1.74. The summed E-state index contributed by atoms with van der Waals surface area (Å²) in [6, 6.07) is 1.68. The SMILES string of the molecule is Cc1cc(NCCCN2CCCC(C(N)=O)C2)ncc1[N+](=O)[O-]. The normalized spacial score (nSPS) is 18.6. The molecule has 8 nitrogen and oxygen atoms in total. The fraction of sp³-hybridized carbons (Fsp3) is 0.600. The summed E-state index contributed by atoms with van der Waals surface area (Å²) in [5, 5.41) is 13.9. The number of nitrogens with one attached hydrogen (secondary N) is 1. The molecule has 1 saturated heterocycles. The predicted octanol–water partition coefficient (Wildman–Crippen LogP) is 1.30. The monoisotopic (exact) mass is 321 g/mol. The number of nitrogens with zero attached hydrogens (tertiary/aromatic N) is 3. The van der Waals surface area contributed by atoms with Crippen molar-refractivity contribution in [1.29, 1.82) is 0 Å². The van der Waals surface area contributed by atoms with Crippen LogP contribution in [0, 0.1) is 23.0 Å². The topological polar surface area (TPSA) is 114 Å². The molecule has 0 bridgehead atoms. The van der Waals surface area contributed by atoms with Crippen LogP contribution in [-0.4, -0.2) is 46.9 Å². The molecule has 3 N–H and O–H groups in total. The second-order valence-electron chi connectivity index (χ2n) is 5.94. The quantitative estimate of drug-likeness (QED) is 0.444. The molecule has 0 saturated carbocycles. The summed E-state index contributed by atoms with van der Waals surface area (Å²) in [4.78, 5) is 27.9. The van der Waals surface area contributed by atoms with Crippen molar-refractivity contribution >= 4 is 17.4 Å². The smallest absolute Gasteiger partial charge is 0.290 e. The van der Waals surface area contributed by atoms with Gasteiger partial charge in [0, 0.05) is 18.7 Å². The second kappa shape index (κ2) is 7.87. The van der Waals surface area contributed by atoms with Crippen LogP contribution < -0.4 is 11.1 Å². The highest BCUT2D eigenvalue weighted by molar-refractivity contribution is 5.76. The molecule has 0 radical (unpaired) electrons. The van der Waals surface area contributed by atoms with Crippen LogP contribution in [0.2, 0.25) is 0 Å². The lowest BCUT2D eigenvalue weighted by molar-refractivity contribution is -0.385. The van der Waals surface area contributed by atoms with Crippen molar-refractivity contribution in [2.75, 3.05) is 31.5 Å². The molecule has 0 aliphatic carbocycles. The maximum absolute atomic E-state index is 11.2. The van der Waals surface area contributed by atoms with Gasteiger partial charge in [-0.1, -0.05) is 0 Å². The number of aryl methyl sites for hydroxylation is 1. The zero-order chi connectivity index (χ0) is 16.8. The van der Waals surface area contributed by atoms with Crippen molar-refractivity contribution in [3.05, 3.63) is 27.9 Å². The van der Waals surface area contributed by atoms with Gasteiger partial charge in [0.15, 0.2) is 0 Å². The Morgan fingerprint density at radius 1 is 1.61 bits per heavy atom. The highest BCUT2D eigenvalue weighted by atomic mass is 16.6. The number of carbonyl (C=O) groups excluding carboxylic acids is 1. The number of rotatable bonds is 7. The summed E-state index contributed by atoms with van der Waals surface area (Å²) < 4.78 is 0. The zero-order valence-electron chi connectivity index (χ0n) is 13.3. The van der Waals surface area contributed by atoms with E-state index in [1.165, 1.54) is 6.20 Å². The molecule has 8 heteroatoms. The Bertz CT molecular complexity index is 578. The Morgan fingerprint density at radius 3 is 3.04 bits per heavy atom. The second-order valence-corrected chi connectivity index (χ2v) is 5.94. The number of likely N-dealkylation sites (tertiary alicyclic amines) is 1. The Morgan fingerprint density at radius 2 is 2.39 bits per heavy atom. The van der Waals surface area contributed by atoms with E-state index in [4.69, 9.17) is 5.73 Å². The van der Waals surface area contributed by atoms with Gasteiger partial charge >= 0.3 is 0 Å². The predicted molar refractivity (Wildman–Crippen MR) is 87.1 cm³/mol. The number of primary amides is 1. The van der Waals surface area contributed by atoms with Crippen LogP contribution in [0.1, 0.15) is 24.8 Å². The highest BCUT2D eigenvalue weighted by Crippen LogP contribution is 2.19. The van der Waals surface area contributed by atoms with Gasteiger partial charge in [0.25, 0.3) is 5.69 Å². The number of piperidine rings is 1. The molecule has 1 unspecified atom stereocenters. The van der Waals surface area contributed by atoms with Crippen LogP contribution in [0.15, 0.2) is 12.3 Å². The summed E-state index contributed by atoms with van der Waals surface area (Å²) in [6.45, 7) is 5.05. The molecule has 1 fully saturated rings. The molecule has 1 aliphatic rings. The van der Waals surface area contributed by atoms with E-state index in [2.05, 4.69) is 15.2 Å². The first-order valence-corrected chi connectivity index (χ1v) is 7.84. The van der Waals surface area contributed by atoms with Gasteiger partial charge < -0.3 is 16.0 Å². The van der Waals surface area contributed by atoms with Crippen molar-refractivity contribution < 1.29 is 9.72 Å². The highest BCUT2D eigenvalue weighted by Gasteiger charge is 2.23. The van der Waals surface area contributed by atoms with Gasteiger partial charge in [-0.3, -0.25) is 14.9 Å². The summed E-state index contributed by atoms with van der Waals surface area (Å²) >= 11 is 0. The number of anilines is 1. The molecule has 1 amide bonds. The molecule has 126 valence electrons. The van der Waals surface area contributed by atoms with Crippen LogP contribution in [-0.2, 0) is 4.79 Å². The zero-order valence-corrected chi connectivity index (χ0v) is 13.3. The van der Waals surface area contributed by atoms with E-state index in [-0.39, 0.29) is 17.5 Å². The fourth-order valence-corrected chi connectivity index (χ4v) is 2.85. The molecule has 0 spiro atoms. The summed E-state index contributed by atoms with van der Waals surface area (Å²) in [6.07, 6.45) is 4.07. The third kappa shape index (κ3) is 4.88. The largest absolute Gasteiger partial charge is 0.370 e. The van der Waals surface area contributed by atoms with Crippen LogP contribution in [0.5, 0.6) is 0 Å². The molecule has 1 aliphatic heterocycles. The molecule has 23 heavy (non-hydrogen) atoms. The van der Waals surface area contributed by atoms with Gasteiger partial charge in [-0.15, -0.1) is 0 Å². The maximum Gasteiger partial charge on any atom is 0.290 e. The average Bonchev–Trinajstić information content (AvgIpc) is 2.51. The van der Waals surface area contributed by atoms with Crippen molar-refractivity contribution in [2.24, 2.45) is 11.7 Å². The summed E-state index contributed by atoms with van der Waals surface area (Å²) in [5.74, 6) is 0.399. The van der Waals surface area contributed by atoms with Crippen molar-refractivity contribution in [2.45, 2.75) is 26.2 Å². The van der Waals surface area contributed by atoms with Gasteiger partial charge in [0.2, 0.25) is 5.91 Å². The number of amides is 1. The van der Waals surface area contributed by atoms with Crippen LogP contribution in [0.25, 0.3) is 0 Å². The number of hydrogen-bond acceptors (Lipinski definition) is 6. The number of nitrogens with two attached hydrogens (primary N) is 1. The van der Waals surface area contributed by atoms with E-state index < -0.39 is 4.92 Å². The van der Waals surface area contributed by atoms with E-state index in [1.807, 2.05) is 0 Å². The number of aromatic nitrogens is 1. The van der Waals surface area contributed by atoms with E-state index in [9.17, 15) is 14.9 Å². The van der Waals surface area contributed by atoms with Crippen molar-refractivity contribution in [3.63, 3.8) is 0 Å². The molecular weight excluding hydrogens is 298 g/mol. The molecule has 0 aromatic carbocycles. The molecule has 1 atom stereocenters. The average molecular weight is 321 g/mol. The van der Waals surface area contributed by atoms with E-state index >= 15 is 0 Å². The Labute approximate surface area is 135 Å². The Hall–Kier alpha value is -2.22. The third-order valence-electron chi connectivity index (χ3n) is 4.14. The standard InChI is InChI=1S/C15H23N5O3/c1-11-8-14(18-9-13(11)20(22)23)17-5-3-7-19-6-2-4-12(10-19)15(16)21/h8-9,12H,2-7,10H2,1H3,(H2,16,21)(H,17,18). The number of hydrogen-bond donors (Lipinski definition) is 2. The van der Waals surface area contributed by atoms with Gasteiger partial charge in [-0.05, 0) is 45.3 Å². The first kappa shape index (κ1) is 17.1. The molecular formula is C15H23N5O3. The van der Waals surface area contributed by atoms with Crippen LogP contribution >= 0.6 is 0 Å². The molecule has 2 rings (SSSR count). The van der Waals surface area contributed by atoms with Gasteiger partial charge in [-0.25, -0.2) is 4.98 Å². The summed E-state index contributed by atoms with van der Waals surface area (Å²) in [5.41, 5.74) is 5.99. The number of nitro groups is 1. The first-order valence-electron chi connectivity index (χ1n) is 7.84. The van der Waals surface area contributed by atoms with E-state index in [0.717, 1.165) is 45.4 Å². The fourth-order valence-electron chi connectivity index (χ4n) is 2.85. The third-order valence-corrected chi connectivity index (χ3v) is 4.14. The molecule has 1 aromatic heterocycles. The minimum absolute atomic E-state index is 0.0290. The van der Waals surface area contributed by atoms with Crippen molar-refractivity contribution in [3.8, 4) is 0 Å². The number of carbonyl (C=O) groups is 1. The first-order chi connectivity index (χ1) is 11.0. The van der Waals surface area contributed by atoms with Crippen molar-refractivity contribution in [1.82, 2.24) is 9.88 Å². The lowest BCUT2D eigenvalue weighted by atomic mass is 9.97. The minimum Gasteiger partial charge on any atom is -0.370 e. The van der Waals surface area contributed by atoms with Gasteiger partial charge in [0.05, 0.1) is 10.8 Å². The van der Waals surface area contributed by atoms with E-state index in [0.29, 0.717) is 11.4 Å². The van der Waals surface area contributed by atoms with Gasteiger partial charge in [0.1, 0.15) is 12.0 Å². The lowest BCUT2D eigenvalue weighted by Gasteiger charge is -2.31. The lowest BCUT2D eigenvalue weighted by Crippen LogP contribution is -2.41. The maximum atomic E-state index is 11.2. The summed E-state index contributed by atoms with van der Waals surface area (Å²) in [7, 11) is 0. The molecule has 1 aromatic rings. The van der Waals surface area contributed by atoms with E-state index in [1.54, 1.807) is 13.0 Å². The molecule has 2 heterocycles. The number of pyridine rings is 1. The van der Waals surface area contributed by atoms with Crippen LogP contribution in [0.4, 0.5) is 11.5 Å². The Kier molecular flexibility index (Phi) is 5.86.